The van der Waals surface area contributed by atoms with Crippen molar-refractivity contribution >= 4 is 12.2 Å². The summed E-state index contributed by atoms with van der Waals surface area (Å²) < 4.78 is 0. The second-order valence-corrected chi connectivity index (χ2v) is 2.04. The van der Waals surface area contributed by atoms with Gasteiger partial charge in [0, 0.05) is 12.5 Å². The summed E-state index contributed by atoms with van der Waals surface area (Å²) in [5, 5.41) is 2.43. The van der Waals surface area contributed by atoms with Crippen LogP contribution in [0.3, 0.4) is 0 Å². The first kappa shape index (κ1) is 8.14. The van der Waals surface area contributed by atoms with Crippen LogP contribution in [0.25, 0.3) is 0 Å². The van der Waals surface area contributed by atoms with E-state index in [9.17, 15) is 9.59 Å². The van der Waals surface area contributed by atoms with Gasteiger partial charge in [-0.1, -0.05) is 6.92 Å². The van der Waals surface area contributed by atoms with Gasteiger partial charge in [-0.15, -0.1) is 0 Å². The number of carbonyl (C=O) groups is 2. The Balaban J connectivity index is 3.37. The molecule has 1 amide bonds. The predicted molar refractivity (Wildman–Crippen MR) is 33.9 cm³/mol. The topological polar surface area (TPSA) is 46.2 Å². The van der Waals surface area contributed by atoms with Crippen LogP contribution in [0.2, 0.25) is 0 Å². The molecule has 0 spiro atoms. The Hall–Kier alpha value is -0.860. The first-order valence-electron chi connectivity index (χ1n) is 2.86. The summed E-state index contributed by atoms with van der Waals surface area (Å²) in [7, 11) is 0. The van der Waals surface area contributed by atoms with Crippen molar-refractivity contribution in [2.45, 2.75) is 13.8 Å². The van der Waals surface area contributed by atoms with E-state index in [1.807, 2.05) is 0 Å². The molecule has 0 aliphatic rings. The second kappa shape index (κ2) is 4.06. The Morgan fingerprint density at radius 3 is 2.67 bits per heavy atom. The Kier molecular flexibility index (Phi) is 3.67. The normalized spacial score (nSPS) is 12.2. The van der Waals surface area contributed by atoms with Gasteiger partial charge in [-0.2, -0.15) is 0 Å². The quantitative estimate of drug-likeness (QED) is 0.541. The van der Waals surface area contributed by atoms with Crippen molar-refractivity contribution in [1.82, 2.24) is 5.32 Å². The highest BCUT2D eigenvalue weighted by Crippen LogP contribution is 1.91. The molecule has 1 N–H and O–H groups in total. The first-order chi connectivity index (χ1) is 4.18. The van der Waals surface area contributed by atoms with Crippen LogP contribution in [0.1, 0.15) is 13.8 Å². The molecule has 52 valence electrons. The number of hydrogen-bond donors (Lipinski definition) is 1. The fourth-order valence-electron chi connectivity index (χ4n) is 0.369. The molecule has 0 aliphatic carbocycles. The van der Waals surface area contributed by atoms with E-state index in [2.05, 4.69) is 5.32 Å². The summed E-state index contributed by atoms with van der Waals surface area (Å²) in [6.45, 7) is 3.73. The van der Waals surface area contributed by atoms with Crippen molar-refractivity contribution in [3.05, 3.63) is 0 Å². The summed E-state index contributed by atoms with van der Waals surface area (Å²) in [6, 6.07) is 0. The summed E-state index contributed by atoms with van der Waals surface area (Å²) >= 11 is 0. The molecule has 0 fully saturated rings. The average molecular weight is 129 g/mol. The summed E-state index contributed by atoms with van der Waals surface area (Å²) in [5.41, 5.74) is 0. The largest absolute Gasteiger partial charge is 0.358 e. The molecule has 0 aliphatic heterocycles. The minimum absolute atomic E-state index is 0.0600. The van der Waals surface area contributed by atoms with E-state index in [-0.39, 0.29) is 11.7 Å². The number of Topliss-reactive ketones (excluding diaryl/α,β-unsaturated/α-hetero) is 1. The molecule has 3 heteroatoms. The lowest BCUT2D eigenvalue weighted by Gasteiger charge is -2.03. The lowest BCUT2D eigenvalue weighted by Crippen LogP contribution is -2.23. The number of ketones is 1. The highest BCUT2D eigenvalue weighted by molar-refractivity contribution is 5.78. The maximum Gasteiger partial charge on any atom is 0.207 e. The van der Waals surface area contributed by atoms with Crippen LogP contribution in [0.5, 0.6) is 0 Å². The third-order valence-electron chi connectivity index (χ3n) is 1.20. The van der Waals surface area contributed by atoms with Gasteiger partial charge in [0.1, 0.15) is 5.78 Å². The van der Waals surface area contributed by atoms with Crippen molar-refractivity contribution < 1.29 is 9.59 Å². The van der Waals surface area contributed by atoms with E-state index in [4.69, 9.17) is 0 Å². The number of nitrogens with one attached hydrogen (secondary N) is 1. The molecule has 0 aromatic rings. The summed E-state index contributed by atoms with van der Waals surface area (Å²) in [5.74, 6) is 0.0413. The van der Waals surface area contributed by atoms with Crippen molar-refractivity contribution in [3.63, 3.8) is 0 Å². The van der Waals surface area contributed by atoms with Crippen LogP contribution in [-0.2, 0) is 9.59 Å². The zero-order valence-electron chi connectivity index (χ0n) is 5.68. The summed E-state index contributed by atoms with van der Waals surface area (Å²) in [4.78, 5) is 20.2. The molecule has 3 nitrogen and oxygen atoms in total. The van der Waals surface area contributed by atoms with Crippen LogP contribution in [0.4, 0.5) is 0 Å². The van der Waals surface area contributed by atoms with Gasteiger partial charge in [0.2, 0.25) is 6.41 Å². The Morgan fingerprint density at radius 2 is 2.33 bits per heavy atom. The molecule has 0 heterocycles. The molecule has 0 rings (SSSR count). The molecule has 0 saturated heterocycles. The SMILES string of the molecule is CC(=O)C(C)CNC=O. The van der Waals surface area contributed by atoms with Gasteiger partial charge in [-0.05, 0) is 6.92 Å². The number of rotatable bonds is 4. The molecule has 9 heavy (non-hydrogen) atoms. The molecule has 1 atom stereocenters. The molecular formula is C6H11NO2. The smallest absolute Gasteiger partial charge is 0.207 e. The van der Waals surface area contributed by atoms with Gasteiger partial charge < -0.3 is 5.32 Å². The van der Waals surface area contributed by atoms with E-state index in [0.29, 0.717) is 13.0 Å². The zero-order valence-corrected chi connectivity index (χ0v) is 5.68. The van der Waals surface area contributed by atoms with Gasteiger partial charge in [-0.25, -0.2) is 0 Å². The van der Waals surface area contributed by atoms with Crippen LogP contribution >= 0.6 is 0 Å². The standard InChI is InChI=1S/C6H11NO2/c1-5(6(2)9)3-7-4-8/h4-5H,3H2,1-2H3,(H,7,8). The summed E-state index contributed by atoms with van der Waals surface area (Å²) in [6.07, 6.45) is 0.597. The molecule has 0 aromatic carbocycles. The van der Waals surface area contributed by atoms with Crippen molar-refractivity contribution in [3.8, 4) is 0 Å². The fourth-order valence-corrected chi connectivity index (χ4v) is 0.369. The number of hydrogen-bond acceptors (Lipinski definition) is 2. The molecule has 0 saturated carbocycles. The highest BCUT2D eigenvalue weighted by atomic mass is 16.1. The van der Waals surface area contributed by atoms with Gasteiger partial charge in [-0.3, -0.25) is 9.59 Å². The van der Waals surface area contributed by atoms with Crippen LogP contribution in [0.15, 0.2) is 0 Å². The monoisotopic (exact) mass is 129 g/mol. The Bertz CT molecular complexity index is 112. The van der Waals surface area contributed by atoms with E-state index in [1.54, 1.807) is 6.92 Å². The van der Waals surface area contributed by atoms with E-state index < -0.39 is 0 Å². The maximum atomic E-state index is 10.5. The minimum Gasteiger partial charge on any atom is -0.358 e. The third-order valence-corrected chi connectivity index (χ3v) is 1.20. The third kappa shape index (κ3) is 3.70. The molecule has 1 unspecified atom stereocenters. The predicted octanol–water partition coefficient (Wildman–Crippen LogP) is -0.0425. The second-order valence-electron chi connectivity index (χ2n) is 2.04. The Labute approximate surface area is 54.4 Å². The van der Waals surface area contributed by atoms with E-state index in [0.717, 1.165) is 0 Å². The highest BCUT2D eigenvalue weighted by Gasteiger charge is 2.04. The molecule has 0 aromatic heterocycles. The van der Waals surface area contributed by atoms with Crippen LogP contribution < -0.4 is 5.32 Å². The molecule has 0 bridgehead atoms. The molecule has 0 radical (unpaired) electrons. The van der Waals surface area contributed by atoms with Crippen molar-refractivity contribution in [2.24, 2.45) is 5.92 Å². The zero-order chi connectivity index (χ0) is 7.28. The number of amides is 1. The lowest BCUT2D eigenvalue weighted by atomic mass is 10.1. The van der Waals surface area contributed by atoms with Gasteiger partial charge in [0.15, 0.2) is 0 Å². The van der Waals surface area contributed by atoms with Gasteiger partial charge in [0.05, 0.1) is 0 Å². The minimum atomic E-state index is -0.0600. The van der Waals surface area contributed by atoms with Crippen LogP contribution in [-0.4, -0.2) is 18.7 Å². The van der Waals surface area contributed by atoms with Crippen LogP contribution in [0, 0.1) is 5.92 Å². The number of carbonyl (C=O) groups excluding carboxylic acids is 2. The lowest BCUT2D eigenvalue weighted by molar-refractivity contribution is -0.120. The van der Waals surface area contributed by atoms with E-state index >= 15 is 0 Å². The van der Waals surface area contributed by atoms with E-state index in [1.165, 1.54) is 6.92 Å². The molecular weight excluding hydrogens is 118 g/mol. The Morgan fingerprint density at radius 1 is 1.78 bits per heavy atom. The van der Waals surface area contributed by atoms with Crippen molar-refractivity contribution in [1.29, 1.82) is 0 Å². The van der Waals surface area contributed by atoms with Gasteiger partial charge >= 0.3 is 0 Å². The fraction of sp³-hybridized carbons (Fsp3) is 0.667. The van der Waals surface area contributed by atoms with Gasteiger partial charge in [0.25, 0.3) is 0 Å². The van der Waals surface area contributed by atoms with Crippen molar-refractivity contribution in [2.75, 3.05) is 6.54 Å². The average Bonchev–Trinajstić information content (AvgIpc) is 1.82. The maximum absolute atomic E-state index is 10.5. The first-order valence-corrected chi connectivity index (χ1v) is 2.86.